The lowest BCUT2D eigenvalue weighted by atomic mass is 10.1. The van der Waals surface area contributed by atoms with Gasteiger partial charge in [-0.2, -0.15) is 0 Å². The Labute approximate surface area is 127 Å². The highest BCUT2D eigenvalue weighted by atomic mass is 16.3. The van der Waals surface area contributed by atoms with Crippen molar-refractivity contribution < 1.29 is 9.21 Å². The minimum Gasteiger partial charge on any atom is -0.465 e. The van der Waals surface area contributed by atoms with Crippen LogP contribution >= 0.6 is 0 Å². The van der Waals surface area contributed by atoms with Crippen molar-refractivity contribution in [2.24, 2.45) is 5.92 Å². The standard InChI is InChI=1S/C16H27N3O2/c1-12(10-17-3)16(20)18-11-14(19-8-4-5-9-19)15-7-6-13(2)21-15/h6-7,12,14,17H,4-5,8-11H2,1-3H3,(H,18,20). The molecule has 5 nitrogen and oxygen atoms in total. The maximum absolute atomic E-state index is 12.1. The number of nitrogens with one attached hydrogen (secondary N) is 2. The van der Waals surface area contributed by atoms with Gasteiger partial charge in [0.05, 0.1) is 6.04 Å². The van der Waals surface area contributed by atoms with E-state index in [0.717, 1.165) is 24.6 Å². The molecule has 0 aliphatic carbocycles. The van der Waals surface area contributed by atoms with E-state index in [1.807, 2.05) is 33.0 Å². The van der Waals surface area contributed by atoms with Crippen LogP contribution in [0.5, 0.6) is 0 Å². The number of carbonyl (C=O) groups excluding carboxylic acids is 1. The van der Waals surface area contributed by atoms with Crippen molar-refractivity contribution in [2.45, 2.75) is 32.7 Å². The molecule has 118 valence electrons. The molecule has 2 atom stereocenters. The molecule has 2 heterocycles. The number of furan rings is 1. The average molecular weight is 293 g/mol. The largest absolute Gasteiger partial charge is 0.465 e. The van der Waals surface area contributed by atoms with Gasteiger partial charge in [0.1, 0.15) is 11.5 Å². The van der Waals surface area contributed by atoms with Gasteiger partial charge in [0, 0.05) is 19.0 Å². The first-order valence-corrected chi connectivity index (χ1v) is 7.84. The molecule has 2 rings (SSSR count). The number of carbonyl (C=O) groups is 1. The van der Waals surface area contributed by atoms with Gasteiger partial charge in [0.2, 0.25) is 5.91 Å². The number of amides is 1. The van der Waals surface area contributed by atoms with Crippen molar-refractivity contribution in [1.29, 1.82) is 0 Å². The van der Waals surface area contributed by atoms with Crippen molar-refractivity contribution in [3.63, 3.8) is 0 Å². The van der Waals surface area contributed by atoms with E-state index in [9.17, 15) is 4.79 Å². The van der Waals surface area contributed by atoms with Crippen LogP contribution in [0.25, 0.3) is 0 Å². The van der Waals surface area contributed by atoms with E-state index in [4.69, 9.17) is 4.42 Å². The van der Waals surface area contributed by atoms with E-state index in [1.165, 1.54) is 12.8 Å². The van der Waals surface area contributed by atoms with E-state index in [2.05, 4.69) is 15.5 Å². The van der Waals surface area contributed by atoms with Crippen LogP contribution in [0, 0.1) is 12.8 Å². The van der Waals surface area contributed by atoms with E-state index < -0.39 is 0 Å². The number of aryl methyl sites for hydroxylation is 1. The first kappa shape index (κ1) is 16.0. The Hall–Kier alpha value is -1.33. The summed E-state index contributed by atoms with van der Waals surface area (Å²) in [5, 5.41) is 6.11. The predicted molar refractivity (Wildman–Crippen MR) is 83.1 cm³/mol. The summed E-state index contributed by atoms with van der Waals surface area (Å²) in [4.78, 5) is 14.5. The third-order valence-corrected chi connectivity index (χ3v) is 4.10. The highest BCUT2D eigenvalue weighted by Crippen LogP contribution is 2.26. The summed E-state index contributed by atoms with van der Waals surface area (Å²) in [7, 11) is 1.86. The van der Waals surface area contributed by atoms with Crippen LogP contribution in [0.1, 0.15) is 37.3 Å². The lowest BCUT2D eigenvalue weighted by molar-refractivity contribution is -0.124. The molecule has 1 amide bonds. The molecule has 5 heteroatoms. The SMILES string of the molecule is CNCC(C)C(=O)NCC(c1ccc(C)o1)N1CCCC1. The van der Waals surface area contributed by atoms with Crippen LogP contribution in [0.2, 0.25) is 0 Å². The number of rotatable bonds is 7. The van der Waals surface area contributed by atoms with E-state index in [1.54, 1.807) is 0 Å². The Morgan fingerprint density at radius 2 is 2.05 bits per heavy atom. The molecule has 0 bridgehead atoms. The fraction of sp³-hybridized carbons (Fsp3) is 0.688. The summed E-state index contributed by atoms with van der Waals surface area (Å²) < 4.78 is 5.79. The lowest BCUT2D eigenvalue weighted by Crippen LogP contribution is -2.40. The quantitative estimate of drug-likeness (QED) is 0.803. The van der Waals surface area contributed by atoms with Gasteiger partial charge in [0.15, 0.2) is 0 Å². The van der Waals surface area contributed by atoms with Crippen molar-refractivity contribution >= 4 is 5.91 Å². The van der Waals surface area contributed by atoms with Crippen LogP contribution in [0.4, 0.5) is 0 Å². The molecule has 1 aromatic heterocycles. The van der Waals surface area contributed by atoms with E-state index in [0.29, 0.717) is 13.1 Å². The second-order valence-electron chi connectivity index (χ2n) is 5.91. The number of likely N-dealkylation sites (tertiary alicyclic amines) is 1. The molecule has 1 fully saturated rings. The molecule has 1 aromatic rings. The van der Waals surface area contributed by atoms with Crippen molar-refractivity contribution in [3.8, 4) is 0 Å². The minimum atomic E-state index is -0.0208. The third-order valence-electron chi connectivity index (χ3n) is 4.10. The van der Waals surface area contributed by atoms with Crippen LogP contribution in [0.3, 0.4) is 0 Å². The van der Waals surface area contributed by atoms with Crippen molar-refractivity contribution in [3.05, 3.63) is 23.7 Å². The normalized spacial score (nSPS) is 18.6. The Balaban J connectivity index is 1.98. The highest BCUT2D eigenvalue weighted by Gasteiger charge is 2.26. The highest BCUT2D eigenvalue weighted by molar-refractivity contribution is 5.78. The second kappa shape index (κ2) is 7.61. The van der Waals surface area contributed by atoms with Crippen LogP contribution in [-0.4, -0.2) is 44.0 Å². The van der Waals surface area contributed by atoms with Crippen molar-refractivity contribution in [1.82, 2.24) is 15.5 Å². The predicted octanol–water partition coefficient (Wildman–Crippen LogP) is 1.70. The molecule has 0 saturated carbocycles. The molecule has 1 aliphatic rings. The smallest absolute Gasteiger partial charge is 0.224 e. The molecule has 0 aromatic carbocycles. The van der Waals surface area contributed by atoms with Gasteiger partial charge < -0.3 is 15.1 Å². The first-order chi connectivity index (χ1) is 10.1. The summed E-state index contributed by atoms with van der Waals surface area (Å²) in [6.45, 7) is 7.35. The maximum atomic E-state index is 12.1. The molecule has 21 heavy (non-hydrogen) atoms. The van der Waals surface area contributed by atoms with Crippen LogP contribution in [-0.2, 0) is 4.79 Å². The summed E-state index contributed by atoms with van der Waals surface area (Å²) >= 11 is 0. The Morgan fingerprint density at radius 3 is 2.62 bits per heavy atom. The first-order valence-electron chi connectivity index (χ1n) is 7.84. The Kier molecular flexibility index (Phi) is 5.82. The van der Waals surface area contributed by atoms with Crippen LogP contribution in [0.15, 0.2) is 16.5 Å². The molecule has 0 radical (unpaired) electrons. The molecule has 1 aliphatic heterocycles. The third kappa shape index (κ3) is 4.32. The van der Waals surface area contributed by atoms with Gasteiger partial charge in [-0.25, -0.2) is 0 Å². The van der Waals surface area contributed by atoms with Gasteiger partial charge in [0.25, 0.3) is 0 Å². The molecular weight excluding hydrogens is 266 g/mol. The summed E-state index contributed by atoms with van der Waals surface area (Å²) in [6.07, 6.45) is 2.45. The monoisotopic (exact) mass is 293 g/mol. The molecule has 0 spiro atoms. The second-order valence-corrected chi connectivity index (χ2v) is 5.91. The summed E-state index contributed by atoms with van der Waals surface area (Å²) in [5.74, 6) is 1.95. The van der Waals surface area contributed by atoms with Gasteiger partial charge in [-0.15, -0.1) is 0 Å². The fourth-order valence-corrected chi connectivity index (χ4v) is 2.87. The van der Waals surface area contributed by atoms with E-state index in [-0.39, 0.29) is 17.9 Å². The zero-order valence-electron chi connectivity index (χ0n) is 13.3. The molecule has 2 unspecified atom stereocenters. The molecular formula is C16H27N3O2. The van der Waals surface area contributed by atoms with Crippen molar-refractivity contribution in [2.75, 3.05) is 33.2 Å². The lowest BCUT2D eigenvalue weighted by Gasteiger charge is -2.26. The zero-order valence-corrected chi connectivity index (χ0v) is 13.3. The topological polar surface area (TPSA) is 57.5 Å². The van der Waals surface area contributed by atoms with Gasteiger partial charge >= 0.3 is 0 Å². The molecule has 1 saturated heterocycles. The van der Waals surface area contributed by atoms with Gasteiger partial charge in [-0.3, -0.25) is 9.69 Å². The zero-order chi connectivity index (χ0) is 15.2. The summed E-state index contributed by atoms with van der Waals surface area (Å²) in [6, 6.07) is 4.16. The maximum Gasteiger partial charge on any atom is 0.224 e. The Bertz CT molecular complexity index is 452. The molecule has 2 N–H and O–H groups in total. The minimum absolute atomic E-state index is 0.0208. The van der Waals surface area contributed by atoms with Gasteiger partial charge in [-0.1, -0.05) is 6.92 Å². The number of hydrogen-bond acceptors (Lipinski definition) is 4. The fourth-order valence-electron chi connectivity index (χ4n) is 2.87. The number of nitrogens with zero attached hydrogens (tertiary/aromatic N) is 1. The average Bonchev–Trinajstić information content (AvgIpc) is 3.11. The number of hydrogen-bond donors (Lipinski definition) is 2. The van der Waals surface area contributed by atoms with Crippen LogP contribution < -0.4 is 10.6 Å². The Morgan fingerprint density at radius 1 is 1.33 bits per heavy atom. The summed E-state index contributed by atoms with van der Waals surface area (Å²) in [5.41, 5.74) is 0. The van der Waals surface area contributed by atoms with E-state index >= 15 is 0 Å². The van der Waals surface area contributed by atoms with Gasteiger partial charge in [-0.05, 0) is 52.0 Å².